The summed E-state index contributed by atoms with van der Waals surface area (Å²) in [5.41, 5.74) is 6.83. The molecule has 0 aliphatic carbocycles. The number of nitrogens with two attached hydrogens (primary N) is 1. The Morgan fingerprint density at radius 2 is 2.11 bits per heavy atom. The first-order chi connectivity index (χ1) is 8.45. The standard InChI is InChI=1S/C13H19N3O2/c1-9(8-14)13(18)15-11-5-4-6-12(7-11)16(3)10(2)17/h4-7,9H,8,14H2,1-3H3,(H,15,18). The molecule has 0 saturated carbocycles. The van der Waals surface area contributed by atoms with Crippen LogP contribution in [0.2, 0.25) is 0 Å². The maximum Gasteiger partial charge on any atom is 0.228 e. The SMILES string of the molecule is CC(=O)N(C)c1cccc(NC(=O)C(C)CN)c1. The third-order valence-electron chi connectivity index (χ3n) is 2.77. The lowest BCUT2D eigenvalue weighted by Gasteiger charge is -2.16. The minimum Gasteiger partial charge on any atom is -0.330 e. The van der Waals surface area contributed by atoms with Crippen molar-refractivity contribution in [1.82, 2.24) is 0 Å². The zero-order chi connectivity index (χ0) is 13.7. The average Bonchev–Trinajstić information content (AvgIpc) is 2.36. The van der Waals surface area contributed by atoms with Crippen LogP contribution in [0.1, 0.15) is 13.8 Å². The molecule has 1 aromatic carbocycles. The van der Waals surface area contributed by atoms with Gasteiger partial charge in [-0.3, -0.25) is 9.59 Å². The Bertz CT molecular complexity index is 446. The van der Waals surface area contributed by atoms with Crippen molar-refractivity contribution in [3.8, 4) is 0 Å². The summed E-state index contributed by atoms with van der Waals surface area (Å²) in [6.07, 6.45) is 0. The first kappa shape index (κ1) is 14.2. The average molecular weight is 249 g/mol. The molecule has 5 heteroatoms. The molecule has 0 aliphatic rings. The van der Waals surface area contributed by atoms with Gasteiger partial charge >= 0.3 is 0 Å². The molecule has 0 radical (unpaired) electrons. The zero-order valence-corrected chi connectivity index (χ0v) is 10.9. The van der Waals surface area contributed by atoms with Crippen LogP contribution in [0, 0.1) is 5.92 Å². The van der Waals surface area contributed by atoms with Crippen LogP contribution in [0.3, 0.4) is 0 Å². The predicted molar refractivity (Wildman–Crippen MR) is 72.4 cm³/mol. The Morgan fingerprint density at radius 3 is 2.67 bits per heavy atom. The zero-order valence-electron chi connectivity index (χ0n) is 10.9. The largest absolute Gasteiger partial charge is 0.330 e. The minimum absolute atomic E-state index is 0.0613. The van der Waals surface area contributed by atoms with Crippen LogP contribution < -0.4 is 16.0 Å². The van der Waals surface area contributed by atoms with E-state index < -0.39 is 0 Å². The van der Waals surface area contributed by atoms with Gasteiger partial charge in [0.05, 0.1) is 0 Å². The van der Waals surface area contributed by atoms with Crippen molar-refractivity contribution in [1.29, 1.82) is 0 Å². The fourth-order valence-electron chi connectivity index (χ4n) is 1.35. The van der Waals surface area contributed by atoms with E-state index in [-0.39, 0.29) is 17.7 Å². The molecule has 1 rings (SSSR count). The van der Waals surface area contributed by atoms with E-state index in [1.165, 1.54) is 11.8 Å². The summed E-state index contributed by atoms with van der Waals surface area (Å²) in [7, 11) is 1.69. The van der Waals surface area contributed by atoms with Gasteiger partial charge in [0.1, 0.15) is 0 Å². The molecule has 3 N–H and O–H groups in total. The maximum absolute atomic E-state index is 11.7. The second-order valence-electron chi connectivity index (χ2n) is 4.25. The molecular weight excluding hydrogens is 230 g/mol. The van der Waals surface area contributed by atoms with E-state index in [9.17, 15) is 9.59 Å². The van der Waals surface area contributed by atoms with Crippen LogP contribution in [0.5, 0.6) is 0 Å². The van der Waals surface area contributed by atoms with Crippen LogP contribution in [-0.2, 0) is 9.59 Å². The fraction of sp³-hybridized carbons (Fsp3) is 0.385. The van der Waals surface area contributed by atoms with E-state index in [1.54, 1.807) is 32.2 Å². The summed E-state index contributed by atoms with van der Waals surface area (Å²) in [6, 6.07) is 7.13. The first-order valence-electron chi connectivity index (χ1n) is 5.81. The Morgan fingerprint density at radius 1 is 1.44 bits per heavy atom. The number of hydrogen-bond acceptors (Lipinski definition) is 3. The molecule has 98 valence electrons. The second-order valence-corrected chi connectivity index (χ2v) is 4.25. The number of rotatable bonds is 4. The highest BCUT2D eigenvalue weighted by atomic mass is 16.2. The third-order valence-corrected chi connectivity index (χ3v) is 2.77. The Hall–Kier alpha value is -1.88. The highest BCUT2D eigenvalue weighted by molar-refractivity contribution is 5.95. The lowest BCUT2D eigenvalue weighted by atomic mass is 10.1. The predicted octanol–water partition coefficient (Wildman–Crippen LogP) is 1.20. The van der Waals surface area contributed by atoms with E-state index in [0.717, 1.165) is 5.69 Å². The van der Waals surface area contributed by atoms with Crippen molar-refractivity contribution < 1.29 is 9.59 Å². The molecule has 0 saturated heterocycles. The van der Waals surface area contributed by atoms with E-state index in [1.807, 2.05) is 6.07 Å². The highest BCUT2D eigenvalue weighted by Crippen LogP contribution is 2.19. The van der Waals surface area contributed by atoms with Crippen molar-refractivity contribution in [3.63, 3.8) is 0 Å². The molecule has 0 bridgehead atoms. The van der Waals surface area contributed by atoms with Crippen molar-refractivity contribution in [2.24, 2.45) is 11.7 Å². The summed E-state index contributed by atoms with van der Waals surface area (Å²) in [6.45, 7) is 3.56. The molecule has 1 unspecified atom stereocenters. The Balaban J connectivity index is 2.83. The molecule has 2 amide bonds. The number of carbonyl (C=O) groups is 2. The maximum atomic E-state index is 11.7. The molecular formula is C13H19N3O2. The van der Waals surface area contributed by atoms with Crippen LogP contribution in [0.15, 0.2) is 24.3 Å². The topological polar surface area (TPSA) is 75.4 Å². The molecule has 18 heavy (non-hydrogen) atoms. The molecule has 0 spiro atoms. The number of benzene rings is 1. The number of carbonyl (C=O) groups excluding carboxylic acids is 2. The van der Waals surface area contributed by atoms with Crippen LogP contribution in [-0.4, -0.2) is 25.4 Å². The van der Waals surface area contributed by atoms with Gasteiger partial charge in [0.2, 0.25) is 11.8 Å². The van der Waals surface area contributed by atoms with E-state index >= 15 is 0 Å². The molecule has 0 fully saturated rings. The van der Waals surface area contributed by atoms with Crippen LogP contribution in [0.25, 0.3) is 0 Å². The molecule has 0 heterocycles. The lowest BCUT2D eigenvalue weighted by Crippen LogP contribution is -2.27. The molecule has 1 atom stereocenters. The summed E-state index contributed by atoms with van der Waals surface area (Å²) in [5.74, 6) is -0.423. The molecule has 5 nitrogen and oxygen atoms in total. The number of amides is 2. The quantitative estimate of drug-likeness (QED) is 0.842. The summed E-state index contributed by atoms with van der Waals surface area (Å²) in [5, 5.41) is 2.77. The Kier molecular flexibility index (Phi) is 4.85. The summed E-state index contributed by atoms with van der Waals surface area (Å²) in [4.78, 5) is 24.5. The van der Waals surface area contributed by atoms with E-state index in [4.69, 9.17) is 5.73 Å². The highest BCUT2D eigenvalue weighted by Gasteiger charge is 2.12. The van der Waals surface area contributed by atoms with E-state index in [2.05, 4.69) is 5.32 Å². The van der Waals surface area contributed by atoms with Gasteiger partial charge in [0.25, 0.3) is 0 Å². The van der Waals surface area contributed by atoms with Gasteiger partial charge in [-0.2, -0.15) is 0 Å². The van der Waals surface area contributed by atoms with Gasteiger partial charge in [-0.25, -0.2) is 0 Å². The minimum atomic E-state index is -0.237. The first-order valence-corrected chi connectivity index (χ1v) is 5.81. The van der Waals surface area contributed by atoms with Crippen LogP contribution >= 0.6 is 0 Å². The summed E-state index contributed by atoms with van der Waals surface area (Å²) < 4.78 is 0. The van der Waals surface area contributed by atoms with Gasteiger partial charge in [-0.1, -0.05) is 13.0 Å². The van der Waals surface area contributed by atoms with Gasteiger partial charge < -0.3 is 16.0 Å². The smallest absolute Gasteiger partial charge is 0.228 e. The normalized spacial score (nSPS) is 11.8. The van der Waals surface area contributed by atoms with Crippen LogP contribution in [0.4, 0.5) is 11.4 Å². The Labute approximate surface area is 107 Å². The fourth-order valence-corrected chi connectivity index (χ4v) is 1.35. The number of anilines is 2. The van der Waals surface area contributed by atoms with Gasteiger partial charge in [-0.05, 0) is 18.2 Å². The number of nitrogens with one attached hydrogen (secondary N) is 1. The molecule has 0 aromatic heterocycles. The van der Waals surface area contributed by atoms with Crippen molar-refractivity contribution in [2.75, 3.05) is 23.8 Å². The van der Waals surface area contributed by atoms with Gasteiger partial charge in [0.15, 0.2) is 0 Å². The number of hydrogen-bond donors (Lipinski definition) is 2. The van der Waals surface area contributed by atoms with Crippen molar-refractivity contribution >= 4 is 23.2 Å². The summed E-state index contributed by atoms with van der Waals surface area (Å²) >= 11 is 0. The monoisotopic (exact) mass is 249 g/mol. The lowest BCUT2D eigenvalue weighted by molar-refractivity contribution is -0.119. The number of nitrogens with zero attached hydrogens (tertiary/aromatic N) is 1. The van der Waals surface area contributed by atoms with Crippen molar-refractivity contribution in [3.05, 3.63) is 24.3 Å². The molecule has 1 aromatic rings. The van der Waals surface area contributed by atoms with Gasteiger partial charge in [0, 0.05) is 37.8 Å². The van der Waals surface area contributed by atoms with Crippen molar-refractivity contribution in [2.45, 2.75) is 13.8 Å². The molecule has 0 aliphatic heterocycles. The second kappa shape index (κ2) is 6.16. The third kappa shape index (κ3) is 3.56. The van der Waals surface area contributed by atoms with Gasteiger partial charge in [-0.15, -0.1) is 0 Å². The van der Waals surface area contributed by atoms with E-state index in [0.29, 0.717) is 12.2 Å².